The first-order chi connectivity index (χ1) is 16.1. The van der Waals surface area contributed by atoms with E-state index in [-0.39, 0.29) is 5.60 Å². The molecule has 3 nitrogen and oxygen atoms in total. The highest BCUT2D eigenvalue weighted by Crippen LogP contribution is 2.69. The minimum atomic E-state index is -0.0173. The smallest absolute Gasteiger partial charge is 0.126 e. The molecule has 1 aliphatic heterocycles. The summed E-state index contributed by atoms with van der Waals surface area (Å²) in [5, 5.41) is 0. The fourth-order valence-corrected chi connectivity index (χ4v) is 9.84. The van der Waals surface area contributed by atoms with Crippen LogP contribution >= 0.6 is 0 Å². The maximum Gasteiger partial charge on any atom is 0.126 e. The van der Waals surface area contributed by atoms with E-state index in [4.69, 9.17) is 10.5 Å². The molecule has 0 aromatic heterocycles. The van der Waals surface area contributed by atoms with Gasteiger partial charge in [0.25, 0.3) is 0 Å². The van der Waals surface area contributed by atoms with Crippen molar-refractivity contribution >= 4 is 5.84 Å². The summed E-state index contributed by atoms with van der Waals surface area (Å²) in [4.78, 5) is 4.48. The maximum absolute atomic E-state index is 6.48. The van der Waals surface area contributed by atoms with Crippen molar-refractivity contribution in [3.05, 3.63) is 34.9 Å². The lowest BCUT2D eigenvalue weighted by molar-refractivity contribution is -0.152. The predicted octanol–water partition coefficient (Wildman–Crippen LogP) is 7.22. The van der Waals surface area contributed by atoms with Crippen molar-refractivity contribution in [2.24, 2.45) is 45.2 Å². The Hall–Kier alpha value is -1.35. The lowest BCUT2D eigenvalue weighted by Gasteiger charge is -2.61. The second kappa shape index (κ2) is 7.82. The number of fused-ring (bicyclic) bond motifs is 6. The normalized spacial score (nSPS) is 43.5. The molecule has 0 spiro atoms. The highest BCUT2D eigenvalue weighted by molar-refractivity contribution is 6.00. The summed E-state index contributed by atoms with van der Waals surface area (Å²) in [6.07, 6.45) is 12.9. The van der Waals surface area contributed by atoms with Crippen molar-refractivity contribution in [1.82, 2.24) is 0 Å². The summed E-state index contributed by atoms with van der Waals surface area (Å²) in [7, 11) is 0. The Bertz CT molecular complexity index is 992. The zero-order valence-electron chi connectivity index (χ0n) is 22.2. The number of amidine groups is 1. The molecule has 1 aromatic carbocycles. The number of benzene rings is 1. The van der Waals surface area contributed by atoms with Gasteiger partial charge in [0, 0.05) is 5.56 Å². The first-order valence-electron chi connectivity index (χ1n) is 14.2. The van der Waals surface area contributed by atoms with Crippen LogP contribution in [0.5, 0.6) is 0 Å². The van der Waals surface area contributed by atoms with Crippen LogP contribution in [0.25, 0.3) is 0 Å². The molecule has 186 valence electrons. The van der Waals surface area contributed by atoms with Gasteiger partial charge in [-0.25, -0.2) is 0 Å². The van der Waals surface area contributed by atoms with Crippen LogP contribution in [0.15, 0.2) is 23.2 Å². The second-order valence-corrected chi connectivity index (χ2v) is 14.1. The van der Waals surface area contributed by atoms with E-state index in [0.717, 1.165) is 36.1 Å². The number of ether oxygens (including phenoxy) is 1. The number of hydrogen-bond donors (Lipinski definition) is 1. The van der Waals surface area contributed by atoms with E-state index in [1.165, 1.54) is 68.9 Å². The number of hydrogen-bond acceptors (Lipinski definition) is 3. The molecule has 0 saturated heterocycles. The summed E-state index contributed by atoms with van der Waals surface area (Å²) >= 11 is 0. The van der Waals surface area contributed by atoms with Crippen molar-refractivity contribution < 1.29 is 4.74 Å². The van der Waals surface area contributed by atoms with Gasteiger partial charge in [0.2, 0.25) is 0 Å². The number of nitrogens with zero attached hydrogens (tertiary/aromatic N) is 1. The third-order valence-electron chi connectivity index (χ3n) is 11.4. The van der Waals surface area contributed by atoms with Crippen LogP contribution in [0.3, 0.4) is 0 Å². The Labute approximate surface area is 207 Å². The highest BCUT2D eigenvalue weighted by atomic mass is 16.5. The molecule has 34 heavy (non-hydrogen) atoms. The molecule has 0 amide bonds. The first kappa shape index (κ1) is 23.1. The van der Waals surface area contributed by atoms with Gasteiger partial charge in [0.1, 0.15) is 5.84 Å². The molecule has 4 saturated carbocycles. The lowest BCUT2D eigenvalue weighted by atomic mass is 9.44. The highest BCUT2D eigenvalue weighted by Gasteiger charge is 2.60. The van der Waals surface area contributed by atoms with Crippen LogP contribution in [0, 0.1) is 34.5 Å². The average Bonchev–Trinajstić information content (AvgIpc) is 3.32. The molecule has 1 aromatic rings. The topological polar surface area (TPSA) is 47.6 Å². The van der Waals surface area contributed by atoms with Gasteiger partial charge in [-0.15, -0.1) is 0 Å². The number of nitrogens with two attached hydrogens (primary N) is 1. The van der Waals surface area contributed by atoms with E-state index in [9.17, 15) is 0 Å². The molecular formula is C31H46N2O. The fourth-order valence-electron chi connectivity index (χ4n) is 9.84. The van der Waals surface area contributed by atoms with Crippen LogP contribution in [0.4, 0.5) is 0 Å². The molecular weight excluding hydrogens is 416 g/mol. The molecule has 5 aliphatic rings. The van der Waals surface area contributed by atoms with Crippen LogP contribution in [-0.2, 0) is 11.3 Å². The third kappa shape index (κ3) is 3.51. The molecule has 4 aliphatic carbocycles. The first-order valence-corrected chi connectivity index (χ1v) is 14.2. The Balaban J connectivity index is 1.21. The number of rotatable bonds is 2. The summed E-state index contributed by atoms with van der Waals surface area (Å²) in [6.45, 7) is 12.8. The SMILES string of the molecule is CC(C)(C)O[C@@H]1CC[C@@]2(C)[C@@H](CC[C@@H]3[C@@H]2CC[C@]2(C)[C@@H](c4ccc5c(c4)CN=C5N)CC[C@@H]32)C1. The second-order valence-electron chi connectivity index (χ2n) is 14.1. The monoisotopic (exact) mass is 462 g/mol. The largest absolute Gasteiger partial charge is 0.383 e. The molecule has 1 heterocycles. The lowest BCUT2D eigenvalue weighted by Crippen LogP contribution is -2.54. The van der Waals surface area contributed by atoms with Gasteiger partial charge in [0.05, 0.1) is 18.2 Å². The summed E-state index contributed by atoms with van der Waals surface area (Å²) < 4.78 is 6.48. The predicted molar refractivity (Wildman–Crippen MR) is 140 cm³/mol. The molecule has 2 N–H and O–H groups in total. The van der Waals surface area contributed by atoms with Crippen molar-refractivity contribution in [2.75, 3.05) is 0 Å². The Morgan fingerprint density at radius 3 is 2.50 bits per heavy atom. The van der Waals surface area contributed by atoms with Gasteiger partial charge >= 0.3 is 0 Å². The maximum atomic E-state index is 6.48. The molecule has 4 fully saturated rings. The van der Waals surface area contributed by atoms with Gasteiger partial charge in [-0.1, -0.05) is 32.0 Å². The molecule has 6 rings (SSSR count). The fraction of sp³-hybridized carbons (Fsp3) is 0.774. The molecule has 8 atom stereocenters. The van der Waals surface area contributed by atoms with Gasteiger partial charge in [0.15, 0.2) is 0 Å². The molecule has 0 unspecified atom stereocenters. The Morgan fingerprint density at radius 2 is 1.71 bits per heavy atom. The molecule has 3 heteroatoms. The standard InChI is InChI=1S/C31H46N2O/c1-29(2,3)34-22-12-14-30(4)21(17-22)7-9-24-26-11-10-25(31(26,5)15-13-27(24)30)19-6-8-23-20(16-19)18-33-28(23)32/h6,8,16,21-22,24-27H,7,9-15,17-18H2,1-5H3,(H2,32,33)/t21-,22+,24-,25+,26-,27-,30-,31+/m0/s1. The van der Waals surface area contributed by atoms with E-state index in [1.807, 2.05) is 0 Å². The number of aliphatic imine (C=N–C) groups is 1. The summed E-state index contributed by atoms with van der Waals surface area (Å²) in [5.74, 6) is 5.04. The quantitative estimate of drug-likeness (QED) is 0.504. The van der Waals surface area contributed by atoms with E-state index >= 15 is 0 Å². The molecule has 0 radical (unpaired) electrons. The minimum absolute atomic E-state index is 0.0173. The van der Waals surface area contributed by atoms with Crippen molar-refractivity contribution in [3.8, 4) is 0 Å². The van der Waals surface area contributed by atoms with Crippen molar-refractivity contribution in [2.45, 2.75) is 117 Å². The van der Waals surface area contributed by atoms with E-state index in [2.05, 4.69) is 57.8 Å². The third-order valence-corrected chi connectivity index (χ3v) is 11.4. The van der Waals surface area contributed by atoms with E-state index in [1.54, 1.807) is 5.56 Å². The van der Waals surface area contributed by atoms with Gasteiger partial charge in [-0.3, -0.25) is 4.99 Å². The van der Waals surface area contributed by atoms with E-state index in [0.29, 0.717) is 22.9 Å². The molecule has 0 bridgehead atoms. The zero-order chi connectivity index (χ0) is 23.9. The summed E-state index contributed by atoms with van der Waals surface area (Å²) in [5.41, 5.74) is 11.1. The van der Waals surface area contributed by atoms with Gasteiger partial charge in [-0.2, -0.15) is 0 Å². The average molecular weight is 463 g/mol. The van der Waals surface area contributed by atoms with Gasteiger partial charge < -0.3 is 10.5 Å². The Morgan fingerprint density at radius 1 is 0.941 bits per heavy atom. The summed E-state index contributed by atoms with van der Waals surface area (Å²) in [6, 6.07) is 7.09. The zero-order valence-corrected chi connectivity index (χ0v) is 22.2. The van der Waals surface area contributed by atoms with Crippen LogP contribution in [0.2, 0.25) is 0 Å². The minimum Gasteiger partial charge on any atom is -0.383 e. The van der Waals surface area contributed by atoms with Crippen LogP contribution in [0.1, 0.15) is 115 Å². The van der Waals surface area contributed by atoms with Crippen molar-refractivity contribution in [1.29, 1.82) is 0 Å². The Kier molecular flexibility index (Phi) is 5.31. The van der Waals surface area contributed by atoms with Crippen molar-refractivity contribution in [3.63, 3.8) is 0 Å². The van der Waals surface area contributed by atoms with Crippen LogP contribution in [-0.4, -0.2) is 17.5 Å². The van der Waals surface area contributed by atoms with Crippen LogP contribution < -0.4 is 5.73 Å². The van der Waals surface area contributed by atoms with E-state index < -0.39 is 0 Å². The van der Waals surface area contributed by atoms with Gasteiger partial charge in [-0.05, 0) is 130 Å².